The van der Waals surface area contributed by atoms with Gasteiger partial charge in [0.05, 0.1) is 6.54 Å². The SMILES string of the molecule is CCN(C(=O)CN1CCC(=O)c2ccccc21)C1CC1. The Morgan fingerprint density at radius 1 is 1.35 bits per heavy atom. The summed E-state index contributed by atoms with van der Waals surface area (Å²) in [6.45, 7) is 3.83. The van der Waals surface area contributed by atoms with Crippen LogP contribution in [0.5, 0.6) is 0 Å². The second kappa shape index (κ2) is 5.27. The molecule has 4 heteroatoms. The van der Waals surface area contributed by atoms with Crippen molar-refractivity contribution < 1.29 is 9.59 Å². The van der Waals surface area contributed by atoms with Gasteiger partial charge in [0.2, 0.25) is 5.91 Å². The van der Waals surface area contributed by atoms with Crippen molar-refractivity contribution in [1.82, 2.24) is 4.90 Å². The number of ketones is 1. The molecular formula is C16H20N2O2. The van der Waals surface area contributed by atoms with Crippen LogP contribution in [0.3, 0.4) is 0 Å². The van der Waals surface area contributed by atoms with Gasteiger partial charge in [0.15, 0.2) is 5.78 Å². The molecule has 2 aliphatic rings. The number of hydrogen-bond acceptors (Lipinski definition) is 3. The lowest BCUT2D eigenvalue weighted by Crippen LogP contribution is -2.43. The summed E-state index contributed by atoms with van der Waals surface area (Å²) in [4.78, 5) is 28.3. The number of para-hydroxylation sites is 1. The molecule has 1 amide bonds. The molecule has 0 radical (unpaired) electrons. The molecule has 0 unspecified atom stereocenters. The molecule has 0 aromatic heterocycles. The van der Waals surface area contributed by atoms with E-state index in [1.807, 2.05) is 41.0 Å². The average molecular weight is 272 g/mol. The molecule has 1 aromatic rings. The normalized spacial score (nSPS) is 17.9. The third-order valence-corrected chi connectivity index (χ3v) is 4.13. The van der Waals surface area contributed by atoms with E-state index in [2.05, 4.69) is 0 Å². The zero-order valence-corrected chi connectivity index (χ0v) is 11.8. The first-order chi connectivity index (χ1) is 9.70. The van der Waals surface area contributed by atoms with E-state index in [0.29, 0.717) is 25.6 Å². The molecule has 0 saturated heterocycles. The van der Waals surface area contributed by atoms with Crippen molar-refractivity contribution in [3.05, 3.63) is 29.8 Å². The Morgan fingerprint density at radius 3 is 2.80 bits per heavy atom. The van der Waals surface area contributed by atoms with Crippen molar-refractivity contribution in [3.63, 3.8) is 0 Å². The van der Waals surface area contributed by atoms with Gasteiger partial charge in [-0.15, -0.1) is 0 Å². The number of amides is 1. The Kier molecular flexibility index (Phi) is 3.47. The Labute approximate surface area is 119 Å². The first kappa shape index (κ1) is 13.2. The first-order valence-electron chi connectivity index (χ1n) is 7.37. The molecule has 1 saturated carbocycles. The van der Waals surface area contributed by atoms with Crippen LogP contribution >= 0.6 is 0 Å². The van der Waals surface area contributed by atoms with E-state index in [4.69, 9.17) is 0 Å². The molecule has 1 heterocycles. The van der Waals surface area contributed by atoms with Crippen LogP contribution in [-0.4, -0.2) is 42.3 Å². The van der Waals surface area contributed by atoms with Crippen LogP contribution in [0.1, 0.15) is 36.5 Å². The smallest absolute Gasteiger partial charge is 0.242 e. The van der Waals surface area contributed by atoms with Crippen molar-refractivity contribution in [2.45, 2.75) is 32.2 Å². The molecule has 20 heavy (non-hydrogen) atoms. The molecule has 1 aliphatic carbocycles. The maximum Gasteiger partial charge on any atom is 0.242 e. The fourth-order valence-electron chi connectivity index (χ4n) is 2.92. The van der Waals surface area contributed by atoms with Gasteiger partial charge in [0, 0.05) is 36.8 Å². The number of nitrogens with zero attached hydrogens (tertiary/aromatic N) is 2. The van der Waals surface area contributed by atoms with Crippen molar-refractivity contribution in [2.75, 3.05) is 24.5 Å². The monoisotopic (exact) mass is 272 g/mol. The minimum atomic E-state index is 0.179. The van der Waals surface area contributed by atoms with Crippen molar-refractivity contribution in [2.24, 2.45) is 0 Å². The number of hydrogen-bond donors (Lipinski definition) is 0. The number of carbonyl (C=O) groups is 2. The van der Waals surface area contributed by atoms with Gasteiger partial charge in [-0.2, -0.15) is 0 Å². The van der Waals surface area contributed by atoms with Gasteiger partial charge in [-0.25, -0.2) is 0 Å². The maximum atomic E-state index is 12.4. The van der Waals surface area contributed by atoms with Gasteiger partial charge in [0.25, 0.3) is 0 Å². The van der Waals surface area contributed by atoms with Crippen molar-refractivity contribution in [1.29, 1.82) is 0 Å². The largest absolute Gasteiger partial charge is 0.361 e. The highest BCUT2D eigenvalue weighted by molar-refractivity contribution is 6.04. The lowest BCUT2D eigenvalue weighted by atomic mass is 10.0. The van der Waals surface area contributed by atoms with E-state index in [0.717, 1.165) is 30.6 Å². The van der Waals surface area contributed by atoms with Crippen LogP contribution in [0.15, 0.2) is 24.3 Å². The summed E-state index contributed by atoms with van der Waals surface area (Å²) in [7, 11) is 0. The van der Waals surface area contributed by atoms with Gasteiger partial charge in [-0.05, 0) is 31.9 Å². The van der Waals surface area contributed by atoms with Crippen molar-refractivity contribution in [3.8, 4) is 0 Å². The Balaban J connectivity index is 1.76. The zero-order chi connectivity index (χ0) is 14.1. The minimum absolute atomic E-state index is 0.179. The van der Waals surface area contributed by atoms with Crippen LogP contribution in [0.2, 0.25) is 0 Å². The van der Waals surface area contributed by atoms with Gasteiger partial charge in [-0.3, -0.25) is 9.59 Å². The molecule has 0 atom stereocenters. The topological polar surface area (TPSA) is 40.6 Å². The maximum absolute atomic E-state index is 12.4. The number of benzene rings is 1. The van der Waals surface area contributed by atoms with E-state index in [1.54, 1.807) is 0 Å². The molecule has 1 aliphatic heterocycles. The highest BCUT2D eigenvalue weighted by atomic mass is 16.2. The van der Waals surface area contributed by atoms with Gasteiger partial charge >= 0.3 is 0 Å². The second-order valence-corrected chi connectivity index (χ2v) is 5.52. The third kappa shape index (κ3) is 2.42. The Hall–Kier alpha value is -1.84. The number of Topliss-reactive ketones (excluding diaryl/α,β-unsaturated/α-hetero) is 1. The van der Waals surface area contributed by atoms with E-state index < -0.39 is 0 Å². The molecule has 1 aromatic carbocycles. The fourth-order valence-corrected chi connectivity index (χ4v) is 2.92. The highest BCUT2D eigenvalue weighted by Gasteiger charge is 2.33. The number of rotatable bonds is 4. The number of anilines is 1. The summed E-state index contributed by atoms with van der Waals surface area (Å²) >= 11 is 0. The molecule has 1 fully saturated rings. The highest BCUT2D eigenvalue weighted by Crippen LogP contribution is 2.29. The Bertz CT molecular complexity index is 537. The molecule has 106 valence electrons. The van der Waals surface area contributed by atoms with Gasteiger partial charge in [0.1, 0.15) is 0 Å². The zero-order valence-electron chi connectivity index (χ0n) is 11.8. The summed E-state index contributed by atoms with van der Waals surface area (Å²) in [6, 6.07) is 8.05. The number of likely N-dealkylation sites (N-methyl/N-ethyl adjacent to an activating group) is 1. The molecule has 0 spiro atoms. The predicted molar refractivity (Wildman–Crippen MR) is 78.0 cm³/mol. The summed E-state index contributed by atoms with van der Waals surface area (Å²) in [5.74, 6) is 0.359. The molecule has 0 bridgehead atoms. The standard InChI is InChI=1S/C16H20N2O2/c1-2-18(12-7-8-12)16(20)11-17-10-9-15(19)13-5-3-4-6-14(13)17/h3-6,12H,2,7-11H2,1H3. The quantitative estimate of drug-likeness (QED) is 0.842. The predicted octanol–water partition coefficient (Wildman–Crippen LogP) is 2.09. The lowest BCUT2D eigenvalue weighted by molar-refractivity contribution is -0.130. The van der Waals surface area contributed by atoms with Crippen LogP contribution in [0, 0.1) is 0 Å². The molecule has 4 nitrogen and oxygen atoms in total. The molecule has 0 N–H and O–H groups in total. The van der Waals surface area contributed by atoms with E-state index in [1.165, 1.54) is 0 Å². The van der Waals surface area contributed by atoms with Gasteiger partial charge in [-0.1, -0.05) is 12.1 Å². The van der Waals surface area contributed by atoms with E-state index in [9.17, 15) is 9.59 Å². The van der Waals surface area contributed by atoms with E-state index >= 15 is 0 Å². The second-order valence-electron chi connectivity index (χ2n) is 5.52. The summed E-state index contributed by atoms with van der Waals surface area (Å²) < 4.78 is 0. The van der Waals surface area contributed by atoms with Gasteiger partial charge < -0.3 is 9.80 Å². The van der Waals surface area contributed by atoms with Crippen LogP contribution in [0.25, 0.3) is 0 Å². The van der Waals surface area contributed by atoms with Crippen LogP contribution in [-0.2, 0) is 4.79 Å². The summed E-state index contributed by atoms with van der Waals surface area (Å²) in [5, 5.41) is 0. The van der Waals surface area contributed by atoms with Crippen molar-refractivity contribution >= 4 is 17.4 Å². The minimum Gasteiger partial charge on any atom is -0.361 e. The first-order valence-corrected chi connectivity index (χ1v) is 7.37. The summed E-state index contributed by atoms with van der Waals surface area (Å²) in [5.41, 5.74) is 1.66. The fraction of sp³-hybridized carbons (Fsp3) is 0.500. The Morgan fingerprint density at radius 2 is 2.10 bits per heavy atom. The van der Waals surface area contributed by atoms with E-state index in [-0.39, 0.29) is 11.7 Å². The number of carbonyl (C=O) groups excluding carboxylic acids is 2. The van der Waals surface area contributed by atoms with Crippen LogP contribution < -0.4 is 4.90 Å². The molecular weight excluding hydrogens is 252 g/mol. The summed E-state index contributed by atoms with van der Waals surface area (Å²) in [6.07, 6.45) is 2.77. The molecule has 3 rings (SSSR count). The van der Waals surface area contributed by atoms with Crippen LogP contribution in [0.4, 0.5) is 5.69 Å². The average Bonchev–Trinajstić information content (AvgIpc) is 3.28. The lowest BCUT2D eigenvalue weighted by Gasteiger charge is -2.32. The third-order valence-electron chi connectivity index (χ3n) is 4.13. The number of fused-ring (bicyclic) bond motifs is 1.